The quantitative estimate of drug-likeness (QED) is 0.184. The second-order valence-electron chi connectivity index (χ2n) is 14.1. The molecule has 1 aromatic heterocycles. The van der Waals surface area contributed by atoms with Crippen LogP contribution in [0.2, 0.25) is 0 Å². The van der Waals surface area contributed by atoms with Gasteiger partial charge < -0.3 is 9.32 Å². The lowest BCUT2D eigenvalue weighted by molar-refractivity contribution is 0.660. The molecule has 2 nitrogen and oxygen atoms in total. The molecule has 9 aromatic rings. The lowest BCUT2D eigenvalue weighted by Gasteiger charge is -2.30. The maximum atomic E-state index is 6.54. The second kappa shape index (κ2) is 11.3. The number of fused-ring (bicyclic) bond motifs is 8. The Labute approximate surface area is 297 Å². The molecule has 0 spiro atoms. The Morgan fingerprint density at radius 1 is 0.431 bits per heavy atom. The number of hydrogen-bond donors (Lipinski definition) is 0. The van der Waals surface area contributed by atoms with Crippen LogP contribution in [0.1, 0.15) is 25.0 Å². The van der Waals surface area contributed by atoms with Gasteiger partial charge in [0, 0.05) is 33.1 Å². The van der Waals surface area contributed by atoms with Crippen LogP contribution >= 0.6 is 0 Å². The highest BCUT2D eigenvalue weighted by Crippen LogP contribution is 2.52. The van der Waals surface area contributed by atoms with E-state index in [4.69, 9.17) is 4.42 Å². The summed E-state index contributed by atoms with van der Waals surface area (Å²) in [5.74, 6) is 0. The van der Waals surface area contributed by atoms with Gasteiger partial charge in [-0.2, -0.15) is 0 Å². The summed E-state index contributed by atoms with van der Waals surface area (Å²) in [6.07, 6.45) is 0. The molecule has 0 bridgehead atoms. The molecule has 1 heterocycles. The molecule has 51 heavy (non-hydrogen) atoms. The van der Waals surface area contributed by atoms with Crippen molar-refractivity contribution in [2.24, 2.45) is 0 Å². The Hall–Kier alpha value is -6.38. The summed E-state index contributed by atoms with van der Waals surface area (Å²) in [4.78, 5) is 2.43. The van der Waals surface area contributed by atoms with E-state index in [1.165, 1.54) is 44.2 Å². The van der Waals surface area contributed by atoms with Gasteiger partial charge in [-0.25, -0.2) is 0 Å². The smallest absolute Gasteiger partial charge is 0.136 e. The molecular formula is C49H35NO. The first kappa shape index (κ1) is 29.5. The Bertz CT molecular complexity index is 2770. The highest BCUT2D eigenvalue weighted by molar-refractivity contribution is 6.23. The molecule has 10 rings (SSSR count). The minimum absolute atomic E-state index is 0.118. The molecule has 1 aliphatic rings. The van der Waals surface area contributed by atoms with Gasteiger partial charge in [0.1, 0.15) is 11.2 Å². The van der Waals surface area contributed by atoms with Gasteiger partial charge in [0.05, 0.1) is 5.69 Å². The molecule has 0 amide bonds. The first-order chi connectivity index (χ1) is 25.1. The number of benzene rings is 8. The van der Waals surface area contributed by atoms with E-state index in [0.29, 0.717) is 0 Å². The first-order valence-electron chi connectivity index (χ1n) is 17.7. The summed E-state index contributed by atoms with van der Waals surface area (Å²) >= 11 is 0. The highest BCUT2D eigenvalue weighted by atomic mass is 16.3. The summed E-state index contributed by atoms with van der Waals surface area (Å²) in [5.41, 5.74) is 15.1. The molecule has 8 aromatic carbocycles. The molecule has 242 valence electrons. The SMILES string of the molecule is CC1(C)c2ccccc2-c2ccc(N(c3ccc(-c4ccccc4)cc3)c3ccccc3-c3cccc4oc5ccc6ccccc6c5c34)cc21. The topological polar surface area (TPSA) is 16.4 Å². The van der Waals surface area contributed by atoms with E-state index < -0.39 is 0 Å². The van der Waals surface area contributed by atoms with Crippen molar-refractivity contribution in [3.05, 3.63) is 187 Å². The third-order valence-corrected chi connectivity index (χ3v) is 10.9. The van der Waals surface area contributed by atoms with Crippen molar-refractivity contribution in [1.29, 1.82) is 0 Å². The fourth-order valence-electron chi connectivity index (χ4n) is 8.40. The monoisotopic (exact) mass is 653 g/mol. The predicted molar refractivity (Wildman–Crippen MR) is 214 cm³/mol. The largest absolute Gasteiger partial charge is 0.456 e. The zero-order valence-corrected chi connectivity index (χ0v) is 28.6. The van der Waals surface area contributed by atoms with Crippen LogP contribution in [0.5, 0.6) is 0 Å². The van der Waals surface area contributed by atoms with Crippen molar-refractivity contribution in [2.45, 2.75) is 19.3 Å². The lowest BCUT2D eigenvalue weighted by Crippen LogP contribution is -2.16. The van der Waals surface area contributed by atoms with Crippen LogP contribution in [0.3, 0.4) is 0 Å². The maximum absolute atomic E-state index is 6.54. The van der Waals surface area contributed by atoms with Crippen molar-refractivity contribution in [3.8, 4) is 33.4 Å². The average molecular weight is 654 g/mol. The van der Waals surface area contributed by atoms with Crippen molar-refractivity contribution >= 4 is 49.8 Å². The van der Waals surface area contributed by atoms with Gasteiger partial charge in [-0.3, -0.25) is 0 Å². The van der Waals surface area contributed by atoms with Crippen LogP contribution < -0.4 is 4.90 Å². The summed E-state index contributed by atoms with van der Waals surface area (Å²) in [6.45, 7) is 4.70. The third kappa shape index (κ3) is 4.57. The van der Waals surface area contributed by atoms with Crippen LogP contribution in [-0.4, -0.2) is 0 Å². The van der Waals surface area contributed by atoms with E-state index in [0.717, 1.165) is 50.1 Å². The molecule has 0 saturated heterocycles. The summed E-state index contributed by atoms with van der Waals surface area (Å²) in [7, 11) is 0. The molecule has 0 N–H and O–H groups in total. The zero-order valence-electron chi connectivity index (χ0n) is 28.6. The summed E-state index contributed by atoms with van der Waals surface area (Å²) in [6, 6.07) is 63.6. The van der Waals surface area contributed by atoms with Crippen LogP contribution in [0.15, 0.2) is 180 Å². The molecule has 0 unspecified atom stereocenters. The van der Waals surface area contributed by atoms with E-state index in [2.05, 4.69) is 195 Å². The minimum Gasteiger partial charge on any atom is -0.456 e. The van der Waals surface area contributed by atoms with Crippen LogP contribution in [-0.2, 0) is 5.41 Å². The molecule has 1 aliphatic carbocycles. The number of furan rings is 1. The molecule has 0 saturated carbocycles. The van der Waals surface area contributed by atoms with Crippen molar-refractivity contribution < 1.29 is 4.42 Å². The molecular weight excluding hydrogens is 619 g/mol. The van der Waals surface area contributed by atoms with Gasteiger partial charge in [0.15, 0.2) is 0 Å². The Morgan fingerprint density at radius 2 is 1.08 bits per heavy atom. The van der Waals surface area contributed by atoms with Gasteiger partial charge in [-0.15, -0.1) is 0 Å². The molecule has 0 radical (unpaired) electrons. The van der Waals surface area contributed by atoms with Gasteiger partial charge in [-0.1, -0.05) is 147 Å². The van der Waals surface area contributed by atoms with Crippen LogP contribution in [0.4, 0.5) is 17.1 Å². The van der Waals surface area contributed by atoms with Crippen LogP contribution in [0.25, 0.3) is 66.1 Å². The standard InChI is InChI=1S/C49H35NO/c1-49(2)42-20-10-8-17-38(42)39-29-28-36(31-43(39)49)50(35-26-23-33(24-27-35)32-13-4-3-5-14-32)44-21-11-9-18-40(44)41-19-12-22-45-48(41)47-37-16-7-6-15-34(37)25-30-46(47)51-45/h3-31H,1-2H3. The van der Waals surface area contributed by atoms with E-state index >= 15 is 0 Å². The van der Waals surface area contributed by atoms with Crippen molar-refractivity contribution in [2.75, 3.05) is 4.90 Å². The first-order valence-corrected chi connectivity index (χ1v) is 17.7. The normalized spacial score (nSPS) is 13.1. The Kier molecular flexibility index (Phi) is 6.56. The lowest BCUT2D eigenvalue weighted by atomic mass is 9.82. The number of rotatable bonds is 5. The molecule has 0 aliphatic heterocycles. The maximum Gasteiger partial charge on any atom is 0.136 e. The Balaban J connectivity index is 1.22. The fourth-order valence-corrected chi connectivity index (χ4v) is 8.40. The average Bonchev–Trinajstić information content (AvgIpc) is 3.68. The molecule has 0 fully saturated rings. The third-order valence-electron chi connectivity index (χ3n) is 10.9. The van der Waals surface area contributed by atoms with E-state index in [1.807, 2.05) is 0 Å². The zero-order chi connectivity index (χ0) is 34.1. The number of para-hydroxylation sites is 1. The minimum atomic E-state index is -0.118. The van der Waals surface area contributed by atoms with Crippen molar-refractivity contribution in [1.82, 2.24) is 0 Å². The summed E-state index contributed by atoms with van der Waals surface area (Å²) < 4.78 is 6.54. The fraction of sp³-hybridized carbons (Fsp3) is 0.0612. The number of anilines is 3. The van der Waals surface area contributed by atoms with Gasteiger partial charge in [0.25, 0.3) is 0 Å². The van der Waals surface area contributed by atoms with Gasteiger partial charge >= 0.3 is 0 Å². The van der Waals surface area contributed by atoms with Gasteiger partial charge in [-0.05, 0) is 92.2 Å². The van der Waals surface area contributed by atoms with Crippen molar-refractivity contribution in [3.63, 3.8) is 0 Å². The number of hydrogen-bond acceptors (Lipinski definition) is 2. The van der Waals surface area contributed by atoms with E-state index in [9.17, 15) is 0 Å². The second-order valence-corrected chi connectivity index (χ2v) is 14.1. The predicted octanol–water partition coefficient (Wildman–Crippen LogP) is 13.8. The Morgan fingerprint density at radius 3 is 1.94 bits per heavy atom. The summed E-state index contributed by atoms with van der Waals surface area (Å²) in [5, 5.41) is 4.70. The highest BCUT2D eigenvalue weighted by Gasteiger charge is 2.36. The van der Waals surface area contributed by atoms with E-state index in [-0.39, 0.29) is 5.41 Å². The molecule has 2 heteroatoms. The molecule has 0 atom stereocenters. The van der Waals surface area contributed by atoms with Crippen LogP contribution in [0, 0.1) is 0 Å². The number of nitrogens with zero attached hydrogens (tertiary/aromatic N) is 1. The van der Waals surface area contributed by atoms with E-state index in [1.54, 1.807) is 0 Å². The van der Waals surface area contributed by atoms with Gasteiger partial charge in [0.2, 0.25) is 0 Å².